The molecule has 0 saturated carbocycles. The molecule has 0 spiro atoms. The highest BCUT2D eigenvalue weighted by Crippen LogP contribution is 2.37. The largest absolute Gasteiger partial charge is 0.407 e. The summed E-state index contributed by atoms with van der Waals surface area (Å²) < 4.78 is 7.32. The molecule has 3 aromatic carbocycles. The molecule has 6 nitrogen and oxygen atoms in total. The molecule has 0 atom stereocenters. The first-order valence-corrected chi connectivity index (χ1v) is 11.4. The number of amides is 1. The molecule has 0 aliphatic carbocycles. The number of para-hydroxylation sites is 1. The molecule has 1 heterocycles. The second-order valence-corrected chi connectivity index (χ2v) is 8.20. The van der Waals surface area contributed by atoms with Gasteiger partial charge >= 0.3 is 5.97 Å². The van der Waals surface area contributed by atoms with Crippen LogP contribution in [0.25, 0.3) is 16.8 Å². The molecule has 4 rings (SSSR count). The second kappa shape index (κ2) is 10.4. The lowest BCUT2D eigenvalue weighted by atomic mass is 10.0. The van der Waals surface area contributed by atoms with Gasteiger partial charge in [0.1, 0.15) is 0 Å². The molecule has 0 saturated heterocycles. The van der Waals surface area contributed by atoms with Crippen LogP contribution in [0.1, 0.15) is 36.3 Å². The van der Waals surface area contributed by atoms with Crippen molar-refractivity contribution in [3.05, 3.63) is 95.1 Å². The normalized spacial score (nSPS) is 10.7. The highest BCUT2D eigenvalue weighted by Gasteiger charge is 2.23. The van der Waals surface area contributed by atoms with E-state index in [0.717, 1.165) is 35.3 Å². The number of anilines is 1. The van der Waals surface area contributed by atoms with Crippen molar-refractivity contribution in [2.75, 3.05) is 5.32 Å². The van der Waals surface area contributed by atoms with E-state index in [9.17, 15) is 9.59 Å². The number of hydrogen-bond acceptors (Lipinski definition) is 4. The first-order chi connectivity index (χ1) is 16.5. The summed E-state index contributed by atoms with van der Waals surface area (Å²) in [6.45, 7) is 3.45. The fourth-order valence-corrected chi connectivity index (χ4v) is 3.87. The number of hydrogen-bond donors (Lipinski definition) is 1. The number of benzene rings is 3. The van der Waals surface area contributed by atoms with Gasteiger partial charge in [0.25, 0.3) is 5.91 Å². The summed E-state index contributed by atoms with van der Waals surface area (Å²) in [5, 5.41) is 8.15. The Morgan fingerprint density at radius 1 is 1.00 bits per heavy atom. The fraction of sp³-hybridized carbons (Fsp3) is 0.148. The van der Waals surface area contributed by atoms with E-state index in [0.29, 0.717) is 22.2 Å². The van der Waals surface area contributed by atoms with Crippen LogP contribution in [-0.2, 0) is 11.2 Å². The van der Waals surface area contributed by atoms with Crippen molar-refractivity contribution in [2.45, 2.75) is 26.7 Å². The van der Waals surface area contributed by atoms with E-state index in [-0.39, 0.29) is 5.91 Å². The first kappa shape index (κ1) is 23.3. The summed E-state index contributed by atoms with van der Waals surface area (Å²) in [5.74, 6) is -0.302. The van der Waals surface area contributed by atoms with Crippen molar-refractivity contribution < 1.29 is 14.3 Å². The molecule has 0 unspecified atom stereocenters. The van der Waals surface area contributed by atoms with Crippen LogP contribution < -0.4 is 10.1 Å². The van der Waals surface area contributed by atoms with Gasteiger partial charge in [0.2, 0.25) is 5.88 Å². The average molecular weight is 474 g/mol. The van der Waals surface area contributed by atoms with E-state index in [1.807, 2.05) is 54.6 Å². The SMILES string of the molecule is CCCc1nn(-c2ccccc2)c(OC(C)=O)c1-c1ccc(NC(=O)c2cccc(Cl)c2)cc1. The van der Waals surface area contributed by atoms with Crippen LogP contribution in [0.15, 0.2) is 78.9 Å². The summed E-state index contributed by atoms with van der Waals surface area (Å²) in [4.78, 5) is 24.5. The zero-order chi connectivity index (χ0) is 24.1. The van der Waals surface area contributed by atoms with E-state index in [2.05, 4.69) is 12.2 Å². The lowest BCUT2D eigenvalue weighted by molar-refractivity contribution is -0.132. The molecular formula is C27H24ClN3O3. The zero-order valence-corrected chi connectivity index (χ0v) is 19.7. The van der Waals surface area contributed by atoms with E-state index in [4.69, 9.17) is 21.4 Å². The van der Waals surface area contributed by atoms with Gasteiger partial charge in [-0.25, -0.2) is 0 Å². The summed E-state index contributed by atoms with van der Waals surface area (Å²) >= 11 is 5.99. The number of aryl methyl sites for hydroxylation is 1. The maximum absolute atomic E-state index is 12.6. The van der Waals surface area contributed by atoms with Crippen LogP contribution in [0.5, 0.6) is 5.88 Å². The molecule has 0 radical (unpaired) electrons. The minimum Gasteiger partial charge on any atom is -0.407 e. The van der Waals surface area contributed by atoms with Crippen LogP contribution in [0.2, 0.25) is 5.02 Å². The summed E-state index contributed by atoms with van der Waals surface area (Å²) in [6.07, 6.45) is 1.60. The molecule has 1 amide bonds. The summed E-state index contributed by atoms with van der Waals surface area (Å²) in [6, 6.07) is 23.7. The van der Waals surface area contributed by atoms with Gasteiger partial charge in [0.05, 0.1) is 16.9 Å². The molecule has 7 heteroatoms. The van der Waals surface area contributed by atoms with Crippen LogP contribution in [0, 0.1) is 0 Å². The van der Waals surface area contributed by atoms with Gasteiger partial charge in [-0.3, -0.25) is 9.59 Å². The molecule has 34 heavy (non-hydrogen) atoms. The van der Waals surface area contributed by atoms with Gasteiger partial charge in [-0.05, 0) is 54.4 Å². The number of rotatable bonds is 7. The Labute approximate surface area is 203 Å². The Balaban J connectivity index is 1.71. The van der Waals surface area contributed by atoms with Crippen molar-refractivity contribution in [3.63, 3.8) is 0 Å². The Kier molecular flexibility index (Phi) is 7.09. The minimum absolute atomic E-state index is 0.251. The first-order valence-electron chi connectivity index (χ1n) is 11.0. The quantitative estimate of drug-likeness (QED) is 0.318. The smallest absolute Gasteiger partial charge is 0.309 e. The number of ether oxygens (including phenoxy) is 1. The Hall–Kier alpha value is -3.90. The van der Waals surface area contributed by atoms with Crippen molar-refractivity contribution in [3.8, 4) is 22.7 Å². The topological polar surface area (TPSA) is 73.2 Å². The van der Waals surface area contributed by atoms with Crippen molar-refractivity contribution in [2.24, 2.45) is 0 Å². The number of carbonyl (C=O) groups excluding carboxylic acids is 2. The summed E-state index contributed by atoms with van der Waals surface area (Å²) in [5.41, 5.74) is 4.33. The van der Waals surface area contributed by atoms with Crippen molar-refractivity contribution in [1.82, 2.24) is 9.78 Å². The predicted molar refractivity (Wildman–Crippen MR) is 134 cm³/mol. The molecule has 1 aromatic heterocycles. The maximum Gasteiger partial charge on any atom is 0.309 e. The third kappa shape index (κ3) is 5.18. The highest BCUT2D eigenvalue weighted by molar-refractivity contribution is 6.31. The lowest BCUT2D eigenvalue weighted by Gasteiger charge is -2.10. The van der Waals surface area contributed by atoms with Gasteiger partial charge in [-0.2, -0.15) is 9.78 Å². The highest BCUT2D eigenvalue weighted by atomic mass is 35.5. The molecule has 0 aliphatic heterocycles. The number of nitrogens with zero attached hydrogens (tertiary/aromatic N) is 2. The van der Waals surface area contributed by atoms with Crippen LogP contribution in [-0.4, -0.2) is 21.7 Å². The van der Waals surface area contributed by atoms with E-state index in [1.54, 1.807) is 28.9 Å². The van der Waals surface area contributed by atoms with Crippen molar-refractivity contribution >= 4 is 29.2 Å². The Bertz CT molecular complexity index is 1310. The third-order valence-electron chi connectivity index (χ3n) is 5.16. The number of nitrogens with one attached hydrogen (secondary N) is 1. The monoisotopic (exact) mass is 473 g/mol. The van der Waals surface area contributed by atoms with Gasteiger partial charge < -0.3 is 10.1 Å². The minimum atomic E-state index is -0.424. The number of carbonyl (C=O) groups is 2. The molecule has 1 N–H and O–H groups in total. The van der Waals surface area contributed by atoms with E-state index >= 15 is 0 Å². The molecule has 0 fully saturated rings. The van der Waals surface area contributed by atoms with Gasteiger partial charge in [-0.15, -0.1) is 0 Å². The van der Waals surface area contributed by atoms with E-state index < -0.39 is 5.97 Å². The number of esters is 1. The molecule has 4 aromatic rings. The Morgan fingerprint density at radius 3 is 2.38 bits per heavy atom. The Morgan fingerprint density at radius 2 is 1.74 bits per heavy atom. The molecule has 172 valence electrons. The zero-order valence-electron chi connectivity index (χ0n) is 18.9. The third-order valence-corrected chi connectivity index (χ3v) is 5.40. The molecular weight excluding hydrogens is 450 g/mol. The van der Waals surface area contributed by atoms with Crippen LogP contribution >= 0.6 is 11.6 Å². The van der Waals surface area contributed by atoms with Gasteiger partial charge in [0, 0.05) is 23.2 Å². The van der Waals surface area contributed by atoms with Crippen molar-refractivity contribution in [1.29, 1.82) is 0 Å². The predicted octanol–water partition coefficient (Wildman–Crippen LogP) is 6.32. The standard InChI is InChI=1S/C27H24ClN3O3/c1-3-8-24-25(27(34-18(2)32)31(30-24)23-11-5-4-6-12-23)19-13-15-22(16-14-19)29-26(33)20-9-7-10-21(28)17-20/h4-7,9-17H,3,8H2,1-2H3,(H,29,33). The number of halogens is 1. The van der Waals surface area contributed by atoms with E-state index in [1.165, 1.54) is 6.92 Å². The van der Waals surface area contributed by atoms with Gasteiger partial charge in [-0.1, -0.05) is 61.3 Å². The summed E-state index contributed by atoms with van der Waals surface area (Å²) in [7, 11) is 0. The van der Waals surface area contributed by atoms with Gasteiger partial charge in [0.15, 0.2) is 0 Å². The second-order valence-electron chi connectivity index (χ2n) is 7.76. The van der Waals surface area contributed by atoms with Crippen LogP contribution in [0.4, 0.5) is 5.69 Å². The maximum atomic E-state index is 12.6. The average Bonchev–Trinajstić information content (AvgIpc) is 3.17. The lowest BCUT2D eigenvalue weighted by Crippen LogP contribution is -2.11. The molecule has 0 aliphatic rings. The number of aromatic nitrogens is 2. The fourth-order valence-electron chi connectivity index (χ4n) is 3.68. The van der Waals surface area contributed by atoms with Crippen LogP contribution in [0.3, 0.4) is 0 Å². The molecule has 0 bridgehead atoms.